The Hall–Kier alpha value is -1.23. The lowest BCUT2D eigenvalue weighted by Crippen LogP contribution is -2.23. The number of rotatable bonds is 6. The van der Waals surface area contributed by atoms with Crippen LogP contribution in [-0.2, 0) is 4.79 Å². The molecule has 2 aromatic carbocycles. The van der Waals surface area contributed by atoms with Crippen LogP contribution in [0.5, 0.6) is 11.5 Å². The third-order valence-corrected chi connectivity index (χ3v) is 7.23. The molecule has 3 rings (SSSR count). The summed E-state index contributed by atoms with van der Waals surface area (Å²) in [5, 5.41) is 1.16. The number of thioether (sulfide) groups is 1. The fraction of sp³-hybridized carbons (Fsp3) is 0.238. The van der Waals surface area contributed by atoms with E-state index in [1.165, 1.54) is 16.7 Å². The maximum absolute atomic E-state index is 12.7. The van der Waals surface area contributed by atoms with Crippen LogP contribution >= 0.6 is 61.9 Å². The van der Waals surface area contributed by atoms with E-state index in [0.717, 1.165) is 25.8 Å². The highest BCUT2D eigenvalue weighted by atomic mass is 127. The molecule has 1 aliphatic heterocycles. The van der Waals surface area contributed by atoms with E-state index in [9.17, 15) is 4.79 Å². The Morgan fingerprint density at radius 3 is 2.77 bits per heavy atom. The number of hydrogen-bond acceptors (Lipinski definition) is 5. The van der Waals surface area contributed by atoms with Crippen molar-refractivity contribution in [1.82, 2.24) is 4.90 Å². The van der Waals surface area contributed by atoms with Gasteiger partial charge < -0.3 is 9.47 Å². The summed E-state index contributed by atoms with van der Waals surface area (Å²) in [5.41, 5.74) is 1.54. The second-order valence-corrected chi connectivity index (χ2v) is 9.78. The number of amidine groups is 1. The van der Waals surface area contributed by atoms with Crippen molar-refractivity contribution in [3.8, 4) is 11.5 Å². The second kappa shape index (κ2) is 10.4. The maximum atomic E-state index is 12.7. The molecule has 0 unspecified atom stereocenters. The topological polar surface area (TPSA) is 51.1 Å². The molecule has 1 saturated heterocycles. The van der Waals surface area contributed by atoms with E-state index in [4.69, 9.17) is 21.1 Å². The summed E-state index contributed by atoms with van der Waals surface area (Å²) in [4.78, 5) is 19.4. The van der Waals surface area contributed by atoms with Crippen LogP contribution in [0.3, 0.4) is 0 Å². The average molecular weight is 622 g/mol. The van der Waals surface area contributed by atoms with Crippen molar-refractivity contribution in [2.24, 2.45) is 4.99 Å². The molecule has 30 heavy (non-hydrogen) atoms. The van der Waals surface area contributed by atoms with Gasteiger partial charge in [-0.05, 0) is 98.7 Å². The number of methoxy groups -OCH3 is 1. The molecule has 158 valence electrons. The van der Waals surface area contributed by atoms with Crippen LogP contribution in [0.15, 0.2) is 44.7 Å². The highest BCUT2D eigenvalue weighted by Crippen LogP contribution is 2.38. The zero-order chi connectivity index (χ0) is 21.8. The number of likely N-dealkylation sites (N-methyl/N-ethyl adjacent to an activating group) is 1. The summed E-state index contributed by atoms with van der Waals surface area (Å²) in [6.45, 7) is 2.67. The van der Waals surface area contributed by atoms with E-state index < -0.39 is 0 Å². The zero-order valence-corrected chi connectivity index (χ0v) is 21.9. The van der Waals surface area contributed by atoms with E-state index in [2.05, 4.69) is 50.4 Å². The Labute approximate surface area is 207 Å². The minimum atomic E-state index is -0.109. The fourth-order valence-corrected chi connectivity index (χ4v) is 4.82. The molecule has 9 heteroatoms. The molecule has 1 heterocycles. The van der Waals surface area contributed by atoms with Gasteiger partial charge in [-0.1, -0.05) is 18.5 Å². The Morgan fingerprint density at radius 1 is 1.33 bits per heavy atom. The van der Waals surface area contributed by atoms with Crippen molar-refractivity contribution in [3.63, 3.8) is 0 Å². The lowest BCUT2D eigenvalue weighted by atomic mass is 10.2. The van der Waals surface area contributed by atoms with Crippen LogP contribution in [0.1, 0.15) is 18.9 Å². The number of ether oxygens (including phenoxy) is 2. The molecule has 0 radical (unpaired) electrons. The number of nitrogens with zero attached hydrogens (tertiary/aromatic N) is 2. The van der Waals surface area contributed by atoms with Gasteiger partial charge in [0.05, 0.1) is 32.9 Å². The number of halogens is 3. The van der Waals surface area contributed by atoms with E-state index in [1.54, 1.807) is 20.2 Å². The number of hydrogen-bond donors (Lipinski definition) is 0. The molecule has 0 bridgehead atoms. The summed E-state index contributed by atoms with van der Waals surface area (Å²) < 4.78 is 13.0. The van der Waals surface area contributed by atoms with Crippen LogP contribution in [0, 0.1) is 3.57 Å². The van der Waals surface area contributed by atoms with Gasteiger partial charge in [0.25, 0.3) is 5.91 Å². The van der Waals surface area contributed by atoms with Crippen LogP contribution in [-0.4, -0.2) is 36.7 Å². The lowest BCUT2D eigenvalue weighted by Gasteiger charge is -2.13. The predicted octanol–water partition coefficient (Wildman–Crippen LogP) is 6.74. The van der Waals surface area contributed by atoms with Gasteiger partial charge in [-0.2, -0.15) is 0 Å². The van der Waals surface area contributed by atoms with Crippen molar-refractivity contribution >= 4 is 84.7 Å². The SMILES string of the molecule is CCCOc1c(I)cc(/C=C2/SC(=Nc3ccc(Br)c(Cl)c3)N(C)C2=O)cc1OC. The first-order valence-electron chi connectivity index (χ1n) is 9.05. The molecule has 5 nitrogen and oxygen atoms in total. The number of carbonyl (C=O) groups excluding carboxylic acids is 1. The second-order valence-electron chi connectivity index (χ2n) is 6.35. The highest BCUT2D eigenvalue weighted by Gasteiger charge is 2.30. The first-order chi connectivity index (χ1) is 14.3. The van der Waals surface area contributed by atoms with Gasteiger partial charge >= 0.3 is 0 Å². The summed E-state index contributed by atoms with van der Waals surface area (Å²) in [7, 11) is 3.32. The van der Waals surface area contributed by atoms with E-state index in [0.29, 0.717) is 33.1 Å². The molecule has 0 aromatic heterocycles. The maximum Gasteiger partial charge on any atom is 0.266 e. The Kier molecular flexibility index (Phi) is 8.11. The summed E-state index contributed by atoms with van der Waals surface area (Å²) in [6, 6.07) is 9.26. The normalized spacial score (nSPS) is 16.6. The van der Waals surface area contributed by atoms with Crippen molar-refractivity contribution in [2.45, 2.75) is 13.3 Å². The fourth-order valence-electron chi connectivity index (χ4n) is 2.64. The quantitative estimate of drug-likeness (QED) is 0.265. The van der Waals surface area contributed by atoms with Gasteiger partial charge in [-0.25, -0.2) is 4.99 Å². The summed E-state index contributed by atoms with van der Waals surface area (Å²) in [6.07, 6.45) is 2.75. The van der Waals surface area contributed by atoms with Gasteiger partial charge in [-0.15, -0.1) is 0 Å². The van der Waals surface area contributed by atoms with Gasteiger partial charge in [0.15, 0.2) is 16.7 Å². The largest absolute Gasteiger partial charge is 0.493 e. The lowest BCUT2D eigenvalue weighted by molar-refractivity contribution is -0.121. The Bertz CT molecular complexity index is 1050. The van der Waals surface area contributed by atoms with Crippen molar-refractivity contribution < 1.29 is 14.3 Å². The van der Waals surface area contributed by atoms with E-state index >= 15 is 0 Å². The molecular weight excluding hydrogens is 603 g/mol. The first kappa shape index (κ1) is 23.4. The Morgan fingerprint density at radius 2 is 2.10 bits per heavy atom. The van der Waals surface area contributed by atoms with Crippen LogP contribution < -0.4 is 9.47 Å². The van der Waals surface area contributed by atoms with Gasteiger partial charge in [-0.3, -0.25) is 9.69 Å². The molecule has 1 amide bonds. The van der Waals surface area contributed by atoms with Crippen molar-refractivity contribution in [2.75, 3.05) is 20.8 Å². The number of amides is 1. The zero-order valence-electron chi connectivity index (χ0n) is 16.5. The molecule has 0 aliphatic carbocycles. The summed E-state index contributed by atoms with van der Waals surface area (Å²) in [5.74, 6) is 1.26. The third-order valence-electron chi connectivity index (χ3n) is 4.13. The number of benzene rings is 2. The molecule has 0 spiro atoms. The molecule has 0 N–H and O–H groups in total. The molecule has 2 aromatic rings. The van der Waals surface area contributed by atoms with Crippen molar-refractivity contribution in [3.05, 3.63) is 53.9 Å². The molecule has 0 atom stereocenters. The van der Waals surface area contributed by atoms with Gasteiger partial charge in [0, 0.05) is 11.5 Å². The molecule has 0 saturated carbocycles. The smallest absolute Gasteiger partial charge is 0.266 e. The van der Waals surface area contributed by atoms with Crippen LogP contribution in [0.4, 0.5) is 5.69 Å². The number of aliphatic imine (C=N–C) groups is 1. The molecule has 1 fully saturated rings. The van der Waals surface area contributed by atoms with Crippen LogP contribution in [0.2, 0.25) is 5.02 Å². The third kappa shape index (κ3) is 5.33. The van der Waals surface area contributed by atoms with Gasteiger partial charge in [0.1, 0.15) is 0 Å². The highest BCUT2D eigenvalue weighted by molar-refractivity contribution is 14.1. The minimum absolute atomic E-state index is 0.109. The monoisotopic (exact) mass is 620 g/mol. The molecular formula is C21H19BrClIN2O3S. The summed E-state index contributed by atoms with van der Waals surface area (Å²) >= 11 is 13.1. The van der Waals surface area contributed by atoms with Crippen molar-refractivity contribution in [1.29, 1.82) is 0 Å². The van der Waals surface area contributed by atoms with Crippen LogP contribution in [0.25, 0.3) is 6.08 Å². The standard InChI is InChI=1S/C21H19BrClIN2O3S/c1-4-7-29-19-16(24)8-12(9-17(19)28-3)10-18-20(27)26(2)21(30-18)25-13-5-6-14(22)15(23)11-13/h5-6,8-11H,4,7H2,1-3H3/b18-10+,25-21?. The first-order valence-corrected chi connectivity index (χ1v) is 12.1. The Balaban J connectivity index is 1.90. The van der Waals surface area contributed by atoms with Gasteiger partial charge in [0.2, 0.25) is 0 Å². The molecule has 1 aliphatic rings. The minimum Gasteiger partial charge on any atom is -0.493 e. The predicted molar refractivity (Wildman–Crippen MR) is 136 cm³/mol. The number of carbonyl (C=O) groups is 1. The average Bonchev–Trinajstić information content (AvgIpc) is 2.97. The van der Waals surface area contributed by atoms with E-state index in [-0.39, 0.29) is 5.91 Å². The van der Waals surface area contributed by atoms with E-state index in [1.807, 2.05) is 30.3 Å².